The Morgan fingerprint density at radius 2 is 2.20 bits per heavy atom. The quantitative estimate of drug-likeness (QED) is 0.587. The third-order valence-electron chi connectivity index (χ3n) is 2.01. The molecule has 0 aliphatic heterocycles. The Morgan fingerprint density at radius 3 is 2.73 bits per heavy atom. The van der Waals surface area contributed by atoms with E-state index in [0.717, 1.165) is 0 Å². The van der Waals surface area contributed by atoms with Crippen LogP contribution in [-0.2, 0) is 0 Å². The van der Waals surface area contributed by atoms with E-state index in [1.165, 1.54) is 7.11 Å². The number of hydrogen-bond acceptors (Lipinski definition) is 2. The Bertz CT molecular complexity index is 350. The predicted octanol–water partition coefficient (Wildman–Crippen LogP) is 3.55. The maximum absolute atomic E-state index is 11.6. The predicted molar refractivity (Wildman–Crippen MR) is 62.3 cm³/mol. The normalized spacial score (nSPS) is 10.1. The lowest BCUT2D eigenvalue weighted by molar-refractivity contribution is 0.0982. The molecule has 0 N–H and O–H groups in total. The molecule has 1 aromatic carbocycles. The van der Waals surface area contributed by atoms with E-state index < -0.39 is 0 Å². The van der Waals surface area contributed by atoms with Crippen LogP contribution in [0, 0.1) is 0 Å². The number of alkyl halides is 1. The molecule has 0 aromatic heterocycles. The van der Waals surface area contributed by atoms with Crippen molar-refractivity contribution in [3.63, 3.8) is 0 Å². The minimum absolute atomic E-state index is 0.0557. The zero-order valence-corrected chi connectivity index (χ0v) is 9.94. The van der Waals surface area contributed by atoms with Crippen LogP contribution in [0.15, 0.2) is 18.2 Å². The highest BCUT2D eigenvalue weighted by atomic mass is 35.5. The first-order chi connectivity index (χ1) is 7.19. The molecular weight excluding hydrogens is 235 g/mol. The van der Waals surface area contributed by atoms with Crippen LogP contribution in [0.2, 0.25) is 5.02 Å². The van der Waals surface area contributed by atoms with Gasteiger partial charge >= 0.3 is 0 Å². The average Bonchev–Trinajstić information content (AvgIpc) is 2.25. The molecular formula is C11H12Cl2O2. The topological polar surface area (TPSA) is 26.3 Å². The summed E-state index contributed by atoms with van der Waals surface area (Å²) >= 11 is 11.4. The highest BCUT2D eigenvalue weighted by Crippen LogP contribution is 2.25. The molecule has 82 valence electrons. The summed E-state index contributed by atoms with van der Waals surface area (Å²) < 4.78 is 5.00. The van der Waals surface area contributed by atoms with E-state index in [0.29, 0.717) is 35.1 Å². The van der Waals surface area contributed by atoms with Gasteiger partial charge < -0.3 is 4.74 Å². The van der Waals surface area contributed by atoms with Gasteiger partial charge in [0.25, 0.3) is 0 Å². The van der Waals surface area contributed by atoms with Crippen molar-refractivity contribution in [1.82, 2.24) is 0 Å². The average molecular weight is 247 g/mol. The summed E-state index contributed by atoms with van der Waals surface area (Å²) in [5.74, 6) is 1.13. The molecule has 0 saturated carbocycles. The summed E-state index contributed by atoms with van der Waals surface area (Å²) in [4.78, 5) is 11.6. The second-order valence-corrected chi connectivity index (χ2v) is 3.85. The number of ketones is 1. The van der Waals surface area contributed by atoms with Crippen LogP contribution < -0.4 is 4.74 Å². The van der Waals surface area contributed by atoms with Gasteiger partial charge in [0, 0.05) is 17.9 Å². The van der Waals surface area contributed by atoms with Gasteiger partial charge in [-0.1, -0.05) is 11.6 Å². The SMILES string of the molecule is COc1ccc(C(=O)CCCCl)cc1Cl. The summed E-state index contributed by atoms with van der Waals surface area (Å²) in [7, 11) is 1.54. The molecule has 0 aliphatic carbocycles. The van der Waals surface area contributed by atoms with Crippen LogP contribution in [0.4, 0.5) is 0 Å². The van der Waals surface area contributed by atoms with Crippen LogP contribution in [0.1, 0.15) is 23.2 Å². The van der Waals surface area contributed by atoms with E-state index in [1.54, 1.807) is 18.2 Å². The second kappa shape index (κ2) is 5.99. The summed E-state index contributed by atoms with van der Waals surface area (Å²) in [6.45, 7) is 0. The second-order valence-electron chi connectivity index (χ2n) is 3.07. The molecule has 1 rings (SSSR count). The zero-order chi connectivity index (χ0) is 11.3. The third kappa shape index (κ3) is 3.40. The molecule has 0 unspecified atom stereocenters. The van der Waals surface area contributed by atoms with Gasteiger partial charge in [-0.15, -0.1) is 11.6 Å². The number of ether oxygens (including phenoxy) is 1. The van der Waals surface area contributed by atoms with Gasteiger partial charge in [0.15, 0.2) is 5.78 Å². The van der Waals surface area contributed by atoms with E-state index >= 15 is 0 Å². The first-order valence-electron chi connectivity index (χ1n) is 4.61. The molecule has 0 fully saturated rings. The molecule has 0 aliphatic rings. The molecule has 0 atom stereocenters. The van der Waals surface area contributed by atoms with Crippen LogP contribution in [-0.4, -0.2) is 18.8 Å². The van der Waals surface area contributed by atoms with Gasteiger partial charge in [0.05, 0.1) is 12.1 Å². The van der Waals surface area contributed by atoms with E-state index in [4.69, 9.17) is 27.9 Å². The summed E-state index contributed by atoms with van der Waals surface area (Å²) in [5.41, 5.74) is 0.603. The van der Waals surface area contributed by atoms with Crippen molar-refractivity contribution in [2.24, 2.45) is 0 Å². The number of rotatable bonds is 5. The molecule has 0 heterocycles. The summed E-state index contributed by atoms with van der Waals surface area (Å²) in [6, 6.07) is 5.02. The molecule has 0 radical (unpaired) electrons. The van der Waals surface area contributed by atoms with Crippen molar-refractivity contribution in [3.8, 4) is 5.75 Å². The first kappa shape index (κ1) is 12.3. The number of carbonyl (C=O) groups excluding carboxylic acids is 1. The number of carbonyl (C=O) groups is 1. The molecule has 2 nitrogen and oxygen atoms in total. The smallest absolute Gasteiger partial charge is 0.162 e. The van der Waals surface area contributed by atoms with Gasteiger partial charge in [0.1, 0.15) is 5.75 Å². The monoisotopic (exact) mass is 246 g/mol. The minimum Gasteiger partial charge on any atom is -0.495 e. The van der Waals surface area contributed by atoms with Gasteiger partial charge in [0.2, 0.25) is 0 Å². The van der Waals surface area contributed by atoms with Crippen molar-refractivity contribution in [1.29, 1.82) is 0 Å². The molecule has 0 spiro atoms. The highest BCUT2D eigenvalue weighted by Gasteiger charge is 2.08. The Labute approximate surface area is 99.1 Å². The van der Waals surface area contributed by atoms with E-state index in [9.17, 15) is 4.79 Å². The lowest BCUT2D eigenvalue weighted by Crippen LogP contribution is -1.99. The van der Waals surface area contributed by atoms with Crippen molar-refractivity contribution in [2.45, 2.75) is 12.8 Å². The van der Waals surface area contributed by atoms with Crippen molar-refractivity contribution in [2.75, 3.05) is 13.0 Å². The number of Topliss-reactive ketones (excluding diaryl/α,β-unsaturated/α-hetero) is 1. The molecule has 0 saturated heterocycles. The highest BCUT2D eigenvalue weighted by molar-refractivity contribution is 6.32. The summed E-state index contributed by atoms with van der Waals surface area (Å²) in [6.07, 6.45) is 1.14. The fraction of sp³-hybridized carbons (Fsp3) is 0.364. The molecule has 0 bridgehead atoms. The number of methoxy groups -OCH3 is 1. The lowest BCUT2D eigenvalue weighted by Gasteiger charge is -2.04. The number of halogens is 2. The number of hydrogen-bond donors (Lipinski definition) is 0. The van der Waals surface area contributed by atoms with Crippen LogP contribution >= 0.6 is 23.2 Å². The lowest BCUT2D eigenvalue weighted by atomic mass is 10.1. The number of benzene rings is 1. The van der Waals surface area contributed by atoms with E-state index in [2.05, 4.69) is 0 Å². The van der Waals surface area contributed by atoms with Gasteiger partial charge in [-0.05, 0) is 24.6 Å². The first-order valence-corrected chi connectivity index (χ1v) is 5.53. The zero-order valence-electron chi connectivity index (χ0n) is 8.43. The fourth-order valence-electron chi connectivity index (χ4n) is 1.21. The van der Waals surface area contributed by atoms with Crippen molar-refractivity contribution in [3.05, 3.63) is 28.8 Å². The van der Waals surface area contributed by atoms with Gasteiger partial charge in [-0.25, -0.2) is 0 Å². The van der Waals surface area contributed by atoms with E-state index in [-0.39, 0.29) is 5.78 Å². The Kier molecular flexibility index (Phi) is 4.92. The summed E-state index contributed by atoms with van der Waals surface area (Å²) in [5, 5.41) is 0.453. The molecule has 15 heavy (non-hydrogen) atoms. The minimum atomic E-state index is 0.0557. The Balaban J connectivity index is 2.78. The Morgan fingerprint density at radius 1 is 1.47 bits per heavy atom. The maximum Gasteiger partial charge on any atom is 0.162 e. The van der Waals surface area contributed by atoms with Crippen LogP contribution in [0.3, 0.4) is 0 Å². The fourth-order valence-corrected chi connectivity index (χ4v) is 1.60. The van der Waals surface area contributed by atoms with Gasteiger partial charge in [-0.2, -0.15) is 0 Å². The maximum atomic E-state index is 11.6. The van der Waals surface area contributed by atoms with Crippen molar-refractivity contribution < 1.29 is 9.53 Å². The van der Waals surface area contributed by atoms with Crippen LogP contribution in [0.25, 0.3) is 0 Å². The largest absolute Gasteiger partial charge is 0.495 e. The van der Waals surface area contributed by atoms with Crippen molar-refractivity contribution >= 4 is 29.0 Å². The van der Waals surface area contributed by atoms with E-state index in [1.807, 2.05) is 0 Å². The van der Waals surface area contributed by atoms with Crippen LogP contribution in [0.5, 0.6) is 5.75 Å². The van der Waals surface area contributed by atoms with Gasteiger partial charge in [-0.3, -0.25) is 4.79 Å². The standard InChI is InChI=1S/C11H12Cl2O2/c1-15-11-5-4-8(7-9(11)13)10(14)3-2-6-12/h4-5,7H,2-3,6H2,1H3. The Hall–Kier alpha value is -0.730. The third-order valence-corrected chi connectivity index (χ3v) is 2.57. The molecule has 1 aromatic rings. The molecule has 4 heteroatoms. The molecule has 0 amide bonds.